The highest BCUT2D eigenvalue weighted by atomic mass is 32.1. The van der Waals surface area contributed by atoms with Crippen molar-refractivity contribution in [1.82, 2.24) is 4.98 Å². The van der Waals surface area contributed by atoms with Crippen LogP contribution in [0, 0.1) is 0 Å². The molecular formula is C18H15NO4S. The van der Waals surface area contributed by atoms with Gasteiger partial charge in [0.05, 0.1) is 7.11 Å². The molecule has 0 aliphatic heterocycles. The monoisotopic (exact) mass is 341 g/mol. The molecular weight excluding hydrogens is 326 g/mol. The van der Waals surface area contributed by atoms with Gasteiger partial charge in [-0.1, -0.05) is 36.4 Å². The fraction of sp³-hybridized carbons (Fsp3) is 0.111. The number of benzene rings is 2. The highest BCUT2D eigenvalue weighted by Gasteiger charge is 2.10. The summed E-state index contributed by atoms with van der Waals surface area (Å²) in [6, 6.07) is 15.2. The van der Waals surface area contributed by atoms with Crippen LogP contribution in [0.5, 0.6) is 11.5 Å². The molecule has 0 aliphatic rings. The van der Waals surface area contributed by atoms with Crippen molar-refractivity contribution in [2.75, 3.05) is 7.11 Å². The third-order valence-corrected chi connectivity index (χ3v) is 4.28. The highest BCUT2D eigenvalue weighted by molar-refractivity contribution is 7.13. The molecule has 0 radical (unpaired) electrons. The van der Waals surface area contributed by atoms with Crippen LogP contribution < -0.4 is 9.47 Å². The number of rotatable bonds is 6. The summed E-state index contributed by atoms with van der Waals surface area (Å²) in [6.07, 6.45) is 0. The van der Waals surface area contributed by atoms with Crippen molar-refractivity contribution in [1.29, 1.82) is 0 Å². The summed E-state index contributed by atoms with van der Waals surface area (Å²) < 4.78 is 11.0. The third-order valence-electron chi connectivity index (χ3n) is 3.39. The number of methoxy groups -OCH3 is 1. The number of thiazole rings is 1. The van der Waals surface area contributed by atoms with E-state index >= 15 is 0 Å². The number of carboxylic acid groups (broad SMARTS) is 1. The minimum Gasteiger partial charge on any atom is -0.493 e. The molecule has 1 heterocycles. The summed E-state index contributed by atoms with van der Waals surface area (Å²) in [4.78, 5) is 15.0. The number of aromatic nitrogens is 1. The Bertz CT molecular complexity index is 842. The van der Waals surface area contributed by atoms with Crippen molar-refractivity contribution in [3.8, 4) is 22.1 Å². The van der Waals surface area contributed by atoms with Crippen LogP contribution in [-0.4, -0.2) is 23.2 Å². The molecule has 0 fully saturated rings. The molecule has 2 aromatic carbocycles. The lowest BCUT2D eigenvalue weighted by molar-refractivity contribution is 0.0691. The number of nitrogens with zero attached hydrogens (tertiary/aromatic N) is 1. The average molecular weight is 341 g/mol. The molecule has 0 spiro atoms. The van der Waals surface area contributed by atoms with E-state index in [1.807, 2.05) is 48.5 Å². The SMILES string of the molecule is COc1ccccc1OCc1ccc(-c2nc(C(=O)O)cs2)cc1. The third kappa shape index (κ3) is 3.55. The van der Waals surface area contributed by atoms with Crippen LogP contribution in [0.25, 0.3) is 10.6 Å². The minimum absolute atomic E-state index is 0.0681. The van der Waals surface area contributed by atoms with Gasteiger partial charge in [0.15, 0.2) is 17.2 Å². The van der Waals surface area contributed by atoms with Crippen molar-refractivity contribution in [2.24, 2.45) is 0 Å². The van der Waals surface area contributed by atoms with E-state index < -0.39 is 5.97 Å². The molecule has 0 atom stereocenters. The molecule has 0 saturated heterocycles. The molecule has 0 saturated carbocycles. The molecule has 122 valence electrons. The fourth-order valence-electron chi connectivity index (χ4n) is 2.15. The summed E-state index contributed by atoms with van der Waals surface area (Å²) in [5.74, 6) is 0.368. The van der Waals surface area contributed by atoms with Gasteiger partial charge in [-0.3, -0.25) is 0 Å². The summed E-state index contributed by atoms with van der Waals surface area (Å²) in [6.45, 7) is 0.416. The zero-order valence-electron chi connectivity index (χ0n) is 12.9. The molecule has 0 amide bonds. The van der Waals surface area contributed by atoms with E-state index in [-0.39, 0.29) is 5.69 Å². The van der Waals surface area contributed by atoms with Gasteiger partial charge < -0.3 is 14.6 Å². The standard InChI is InChI=1S/C18H15NO4S/c1-22-15-4-2-3-5-16(15)23-10-12-6-8-13(9-7-12)17-19-14(11-24-17)18(20)21/h2-9,11H,10H2,1H3,(H,20,21). The first-order chi connectivity index (χ1) is 11.7. The van der Waals surface area contributed by atoms with Crippen LogP contribution in [0.15, 0.2) is 53.9 Å². The topological polar surface area (TPSA) is 68.7 Å². The van der Waals surface area contributed by atoms with Gasteiger partial charge in [0, 0.05) is 10.9 Å². The average Bonchev–Trinajstić information content (AvgIpc) is 3.11. The molecule has 3 aromatic rings. The van der Waals surface area contributed by atoms with Crippen molar-refractivity contribution >= 4 is 17.3 Å². The number of hydrogen-bond acceptors (Lipinski definition) is 5. The zero-order chi connectivity index (χ0) is 16.9. The fourth-order valence-corrected chi connectivity index (χ4v) is 2.95. The molecule has 1 aromatic heterocycles. The Morgan fingerprint density at radius 3 is 2.46 bits per heavy atom. The van der Waals surface area contributed by atoms with Gasteiger partial charge in [-0.15, -0.1) is 11.3 Å². The van der Waals surface area contributed by atoms with Gasteiger partial charge in [-0.2, -0.15) is 0 Å². The summed E-state index contributed by atoms with van der Waals surface area (Å²) >= 11 is 1.31. The van der Waals surface area contributed by atoms with Gasteiger partial charge in [-0.25, -0.2) is 9.78 Å². The maximum absolute atomic E-state index is 10.9. The van der Waals surface area contributed by atoms with Gasteiger partial charge in [-0.05, 0) is 17.7 Å². The van der Waals surface area contributed by atoms with Gasteiger partial charge in [0.2, 0.25) is 0 Å². The lowest BCUT2D eigenvalue weighted by Gasteiger charge is -2.10. The van der Waals surface area contributed by atoms with Crippen molar-refractivity contribution < 1.29 is 19.4 Å². The van der Waals surface area contributed by atoms with E-state index in [4.69, 9.17) is 14.6 Å². The van der Waals surface area contributed by atoms with Crippen LogP contribution in [0.4, 0.5) is 0 Å². The molecule has 1 N–H and O–H groups in total. The first kappa shape index (κ1) is 16.0. The smallest absolute Gasteiger partial charge is 0.355 e. The Morgan fingerprint density at radius 2 is 1.83 bits per heavy atom. The van der Waals surface area contributed by atoms with Crippen LogP contribution >= 0.6 is 11.3 Å². The second-order valence-electron chi connectivity index (χ2n) is 4.98. The predicted octanol–water partition coefficient (Wildman–Crippen LogP) is 4.10. The summed E-state index contributed by atoms with van der Waals surface area (Å²) in [5.41, 5.74) is 1.95. The van der Waals surface area contributed by atoms with E-state index in [2.05, 4.69) is 4.98 Å². The number of aromatic carboxylic acids is 1. The highest BCUT2D eigenvalue weighted by Crippen LogP contribution is 2.27. The zero-order valence-corrected chi connectivity index (χ0v) is 13.7. The van der Waals surface area contributed by atoms with Crippen LogP contribution in [-0.2, 0) is 6.61 Å². The minimum atomic E-state index is -1.01. The number of carbonyl (C=O) groups is 1. The number of ether oxygens (including phenoxy) is 2. The van der Waals surface area contributed by atoms with E-state index in [0.29, 0.717) is 23.1 Å². The van der Waals surface area contributed by atoms with Crippen molar-refractivity contribution in [3.05, 3.63) is 65.2 Å². The quantitative estimate of drug-likeness (QED) is 0.731. The molecule has 24 heavy (non-hydrogen) atoms. The Kier molecular flexibility index (Phi) is 4.77. The molecule has 0 bridgehead atoms. The number of para-hydroxylation sites is 2. The lowest BCUT2D eigenvalue weighted by atomic mass is 10.1. The Hall–Kier alpha value is -2.86. The van der Waals surface area contributed by atoms with E-state index in [0.717, 1.165) is 11.1 Å². The van der Waals surface area contributed by atoms with Crippen LogP contribution in [0.1, 0.15) is 16.1 Å². The molecule has 3 rings (SSSR count). The van der Waals surface area contributed by atoms with Gasteiger partial charge >= 0.3 is 5.97 Å². The predicted molar refractivity (Wildman–Crippen MR) is 91.8 cm³/mol. The largest absolute Gasteiger partial charge is 0.493 e. The van der Waals surface area contributed by atoms with Crippen LogP contribution in [0.3, 0.4) is 0 Å². The molecule has 6 heteroatoms. The molecule has 0 unspecified atom stereocenters. The molecule has 0 aliphatic carbocycles. The Labute approximate surface area is 143 Å². The normalized spacial score (nSPS) is 10.4. The first-order valence-electron chi connectivity index (χ1n) is 7.21. The van der Waals surface area contributed by atoms with Crippen LogP contribution in [0.2, 0.25) is 0 Å². The van der Waals surface area contributed by atoms with Crippen molar-refractivity contribution in [2.45, 2.75) is 6.61 Å². The first-order valence-corrected chi connectivity index (χ1v) is 8.09. The van der Waals surface area contributed by atoms with E-state index in [9.17, 15) is 4.79 Å². The van der Waals surface area contributed by atoms with Gasteiger partial charge in [0.25, 0.3) is 0 Å². The number of carboxylic acids is 1. The van der Waals surface area contributed by atoms with Crippen molar-refractivity contribution in [3.63, 3.8) is 0 Å². The Balaban J connectivity index is 1.69. The Morgan fingerprint density at radius 1 is 1.12 bits per heavy atom. The second-order valence-corrected chi connectivity index (χ2v) is 5.84. The second kappa shape index (κ2) is 7.14. The summed E-state index contributed by atoms with van der Waals surface area (Å²) in [5, 5.41) is 11.2. The summed E-state index contributed by atoms with van der Waals surface area (Å²) in [7, 11) is 1.61. The lowest BCUT2D eigenvalue weighted by Crippen LogP contribution is -1.97. The van der Waals surface area contributed by atoms with Gasteiger partial charge in [0.1, 0.15) is 11.6 Å². The maximum Gasteiger partial charge on any atom is 0.355 e. The van der Waals surface area contributed by atoms with E-state index in [1.54, 1.807) is 7.11 Å². The molecule has 5 nitrogen and oxygen atoms in total. The maximum atomic E-state index is 10.9. The number of hydrogen-bond donors (Lipinski definition) is 1. The van der Waals surface area contributed by atoms with E-state index in [1.165, 1.54) is 16.7 Å².